The number of hydrogen-bond donors (Lipinski definition) is 1. The molecule has 0 saturated carbocycles. The van der Waals surface area contributed by atoms with Gasteiger partial charge in [0, 0.05) is 40.8 Å². The number of hydrogen-bond acceptors (Lipinski definition) is 5. The Morgan fingerprint density at radius 1 is 1.11 bits per heavy atom. The first-order chi connectivity index (χ1) is 13.7. The molecule has 148 valence electrons. The maximum absolute atomic E-state index is 13.1. The van der Waals surface area contributed by atoms with Gasteiger partial charge in [-0.15, -0.1) is 0 Å². The molecule has 2 unspecified atom stereocenters. The van der Waals surface area contributed by atoms with Crippen LogP contribution in [0.4, 0.5) is 0 Å². The summed E-state index contributed by atoms with van der Waals surface area (Å²) in [6.45, 7) is 4.21. The highest BCUT2D eigenvalue weighted by molar-refractivity contribution is 6.23. The summed E-state index contributed by atoms with van der Waals surface area (Å²) < 4.78 is 17.5. The van der Waals surface area contributed by atoms with Gasteiger partial charge in [0.1, 0.15) is 23.4 Å². The Labute approximate surface area is 166 Å². The van der Waals surface area contributed by atoms with Gasteiger partial charge in [-0.1, -0.05) is 19.1 Å². The zero-order valence-electron chi connectivity index (χ0n) is 16.7. The zero-order valence-corrected chi connectivity index (χ0v) is 16.7. The molecule has 5 heteroatoms. The Morgan fingerprint density at radius 3 is 2.61 bits per heavy atom. The predicted octanol–water partition coefficient (Wildman–Crippen LogP) is 4.07. The highest BCUT2D eigenvalue weighted by Crippen LogP contribution is 2.49. The number of methoxy groups -OCH3 is 2. The molecule has 1 saturated heterocycles. The molecule has 0 bridgehead atoms. The van der Waals surface area contributed by atoms with Crippen molar-refractivity contribution < 1.29 is 19.0 Å². The van der Waals surface area contributed by atoms with Crippen LogP contribution in [0.25, 0.3) is 11.1 Å². The number of ether oxygens (including phenoxy) is 3. The van der Waals surface area contributed by atoms with Gasteiger partial charge in [0.15, 0.2) is 5.78 Å². The zero-order chi connectivity index (χ0) is 19.7. The number of ketones is 1. The van der Waals surface area contributed by atoms with Crippen molar-refractivity contribution >= 4 is 5.78 Å². The number of piperidine rings is 1. The van der Waals surface area contributed by atoms with Gasteiger partial charge in [-0.25, -0.2) is 0 Å². The standard InChI is InChI=1S/C23H27NO4/c1-4-18(14-7-6-10-24-13-14)28-19-9-5-8-16-21(19)22-17(23(16)25)11-15(26-2)12-20(22)27-3/h5,8-9,11-12,14,18,24H,4,6-7,10,13H2,1-3H3. The van der Waals surface area contributed by atoms with Crippen molar-refractivity contribution in [1.29, 1.82) is 0 Å². The highest BCUT2D eigenvalue weighted by atomic mass is 16.5. The fourth-order valence-corrected chi connectivity index (χ4v) is 4.40. The van der Waals surface area contributed by atoms with Gasteiger partial charge in [0.2, 0.25) is 0 Å². The van der Waals surface area contributed by atoms with Gasteiger partial charge in [-0.05, 0) is 37.9 Å². The van der Waals surface area contributed by atoms with Gasteiger partial charge < -0.3 is 19.5 Å². The number of carbonyl (C=O) groups excluding carboxylic acids is 1. The highest BCUT2D eigenvalue weighted by Gasteiger charge is 2.34. The summed E-state index contributed by atoms with van der Waals surface area (Å²) in [6, 6.07) is 9.32. The van der Waals surface area contributed by atoms with Crippen LogP contribution in [0.3, 0.4) is 0 Å². The third-order valence-corrected chi connectivity index (χ3v) is 5.84. The molecule has 5 nitrogen and oxygen atoms in total. The van der Waals surface area contributed by atoms with Gasteiger partial charge in [-0.2, -0.15) is 0 Å². The van der Waals surface area contributed by atoms with Gasteiger partial charge in [0.05, 0.1) is 14.2 Å². The van der Waals surface area contributed by atoms with Crippen LogP contribution in [0, 0.1) is 5.92 Å². The molecular formula is C23H27NO4. The first-order valence-electron chi connectivity index (χ1n) is 9.99. The van der Waals surface area contributed by atoms with Crippen molar-refractivity contribution in [3.63, 3.8) is 0 Å². The van der Waals surface area contributed by atoms with E-state index in [0.29, 0.717) is 28.5 Å². The minimum absolute atomic E-state index is 0.0139. The van der Waals surface area contributed by atoms with E-state index in [1.54, 1.807) is 20.3 Å². The Hall–Kier alpha value is -2.53. The van der Waals surface area contributed by atoms with E-state index in [1.165, 1.54) is 6.42 Å². The molecule has 0 spiro atoms. The van der Waals surface area contributed by atoms with E-state index >= 15 is 0 Å². The molecule has 0 aromatic heterocycles. The van der Waals surface area contributed by atoms with Gasteiger partial charge in [-0.3, -0.25) is 4.79 Å². The van der Waals surface area contributed by atoms with Gasteiger partial charge in [0.25, 0.3) is 0 Å². The monoisotopic (exact) mass is 381 g/mol. The Morgan fingerprint density at radius 2 is 1.93 bits per heavy atom. The van der Waals surface area contributed by atoms with Crippen molar-refractivity contribution in [2.75, 3.05) is 27.3 Å². The molecule has 2 aromatic rings. The average Bonchev–Trinajstić information content (AvgIpc) is 3.05. The molecule has 2 aliphatic rings. The van der Waals surface area contributed by atoms with Crippen LogP contribution in [0.1, 0.15) is 42.1 Å². The van der Waals surface area contributed by atoms with Crippen LogP contribution in [0.5, 0.6) is 17.2 Å². The van der Waals surface area contributed by atoms with Crippen LogP contribution in [-0.2, 0) is 0 Å². The lowest BCUT2D eigenvalue weighted by Crippen LogP contribution is -2.39. The molecule has 0 amide bonds. The van der Waals surface area contributed by atoms with Crippen molar-refractivity contribution in [3.8, 4) is 28.4 Å². The molecular weight excluding hydrogens is 354 g/mol. The van der Waals surface area contributed by atoms with Crippen molar-refractivity contribution in [3.05, 3.63) is 41.5 Å². The normalized spacial score (nSPS) is 19.0. The molecule has 1 fully saturated rings. The third-order valence-electron chi connectivity index (χ3n) is 5.84. The largest absolute Gasteiger partial charge is 0.497 e. The number of nitrogens with one attached hydrogen (secondary N) is 1. The molecule has 1 heterocycles. The summed E-state index contributed by atoms with van der Waals surface area (Å²) in [5.41, 5.74) is 2.91. The summed E-state index contributed by atoms with van der Waals surface area (Å²) in [5.74, 6) is 2.46. The molecule has 4 rings (SSSR count). The van der Waals surface area contributed by atoms with E-state index in [9.17, 15) is 4.79 Å². The second kappa shape index (κ2) is 7.84. The third kappa shape index (κ3) is 3.14. The average molecular weight is 381 g/mol. The lowest BCUT2D eigenvalue weighted by atomic mass is 9.92. The lowest BCUT2D eigenvalue weighted by Gasteiger charge is -2.31. The molecule has 0 radical (unpaired) electrons. The summed E-state index contributed by atoms with van der Waals surface area (Å²) >= 11 is 0. The quantitative estimate of drug-likeness (QED) is 0.697. The Balaban J connectivity index is 1.77. The van der Waals surface area contributed by atoms with Crippen molar-refractivity contribution in [1.82, 2.24) is 5.32 Å². The first-order valence-corrected chi connectivity index (χ1v) is 9.99. The maximum Gasteiger partial charge on any atom is 0.194 e. The summed E-state index contributed by atoms with van der Waals surface area (Å²) in [4.78, 5) is 13.1. The molecule has 1 aliphatic carbocycles. The summed E-state index contributed by atoms with van der Waals surface area (Å²) in [7, 11) is 3.20. The molecule has 1 aliphatic heterocycles. The van der Waals surface area contributed by atoms with E-state index < -0.39 is 0 Å². The SMILES string of the molecule is CCC(Oc1cccc2c1-c1c(OC)cc(OC)cc1C2=O)C1CCCNC1. The van der Waals surface area contributed by atoms with E-state index in [-0.39, 0.29) is 11.9 Å². The number of rotatable bonds is 6. The smallest absolute Gasteiger partial charge is 0.194 e. The summed E-state index contributed by atoms with van der Waals surface area (Å²) in [5, 5.41) is 3.47. The fourth-order valence-electron chi connectivity index (χ4n) is 4.40. The lowest BCUT2D eigenvalue weighted by molar-refractivity contribution is 0.103. The first kappa shape index (κ1) is 18.8. The second-order valence-electron chi connectivity index (χ2n) is 7.43. The molecule has 2 atom stereocenters. The predicted molar refractivity (Wildman–Crippen MR) is 109 cm³/mol. The minimum Gasteiger partial charge on any atom is -0.497 e. The van der Waals surface area contributed by atoms with Crippen LogP contribution in [0.2, 0.25) is 0 Å². The number of benzene rings is 2. The molecule has 1 N–H and O–H groups in total. The van der Waals surface area contributed by atoms with Crippen LogP contribution in [0.15, 0.2) is 30.3 Å². The second-order valence-corrected chi connectivity index (χ2v) is 7.43. The van der Waals surface area contributed by atoms with Crippen LogP contribution < -0.4 is 19.5 Å². The summed E-state index contributed by atoms with van der Waals surface area (Å²) in [6.07, 6.45) is 3.38. The van der Waals surface area contributed by atoms with Crippen molar-refractivity contribution in [2.24, 2.45) is 5.92 Å². The number of fused-ring (bicyclic) bond motifs is 3. The van der Waals surface area contributed by atoms with Crippen molar-refractivity contribution in [2.45, 2.75) is 32.3 Å². The number of carbonyl (C=O) groups is 1. The minimum atomic E-state index is -0.0139. The molecule has 2 aromatic carbocycles. The van der Waals surface area contributed by atoms with E-state index in [0.717, 1.165) is 42.8 Å². The van der Waals surface area contributed by atoms with Crippen LogP contribution in [-0.4, -0.2) is 39.2 Å². The van der Waals surface area contributed by atoms with Gasteiger partial charge >= 0.3 is 0 Å². The molecule has 28 heavy (non-hydrogen) atoms. The fraction of sp³-hybridized carbons (Fsp3) is 0.435. The van der Waals surface area contributed by atoms with E-state index in [4.69, 9.17) is 14.2 Å². The van der Waals surface area contributed by atoms with E-state index in [2.05, 4.69) is 12.2 Å². The topological polar surface area (TPSA) is 56.8 Å². The van der Waals surface area contributed by atoms with Crippen LogP contribution >= 0.6 is 0 Å². The Bertz CT molecular complexity index is 886. The Kier molecular flexibility index (Phi) is 5.27. The van der Waals surface area contributed by atoms with E-state index in [1.807, 2.05) is 24.3 Å². The maximum atomic E-state index is 13.1.